The van der Waals surface area contributed by atoms with E-state index in [4.69, 9.17) is 4.52 Å². The molecule has 0 fully saturated rings. The molecule has 116 valence electrons. The summed E-state index contributed by atoms with van der Waals surface area (Å²) < 4.78 is 7.08. The molecule has 0 aromatic carbocycles. The predicted molar refractivity (Wildman–Crippen MR) is 82.8 cm³/mol. The second kappa shape index (κ2) is 5.75. The highest BCUT2D eigenvalue weighted by Gasteiger charge is 2.18. The van der Waals surface area contributed by atoms with Crippen molar-refractivity contribution in [2.75, 3.05) is 5.32 Å². The molecule has 0 radical (unpaired) electrons. The summed E-state index contributed by atoms with van der Waals surface area (Å²) in [5, 5.41) is 11.6. The summed E-state index contributed by atoms with van der Waals surface area (Å²) in [4.78, 5) is 8.93. The van der Waals surface area contributed by atoms with E-state index in [1.807, 2.05) is 19.1 Å². The Kier molecular flexibility index (Phi) is 3.79. The highest BCUT2D eigenvalue weighted by molar-refractivity contribution is 5.50. The van der Waals surface area contributed by atoms with Gasteiger partial charge in [0.05, 0.1) is 6.20 Å². The van der Waals surface area contributed by atoms with Crippen molar-refractivity contribution in [3.8, 4) is 0 Å². The Bertz CT molecular complexity index is 775. The lowest BCUT2D eigenvalue weighted by Crippen LogP contribution is -2.14. The molecule has 7 nitrogen and oxygen atoms in total. The molecular weight excluding hydrogens is 280 g/mol. The highest BCUT2D eigenvalue weighted by atomic mass is 16.5. The predicted octanol–water partition coefficient (Wildman–Crippen LogP) is 3.11. The first-order valence-corrected chi connectivity index (χ1v) is 7.50. The van der Waals surface area contributed by atoms with E-state index >= 15 is 0 Å². The van der Waals surface area contributed by atoms with Crippen molar-refractivity contribution in [1.29, 1.82) is 0 Å². The van der Waals surface area contributed by atoms with Crippen molar-refractivity contribution >= 4 is 11.5 Å². The zero-order valence-corrected chi connectivity index (χ0v) is 13.2. The van der Waals surface area contributed by atoms with Gasteiger partial charge in [-0.25, -0.2) is 4.98 Å². The third kappa shape index (κ3) is 2.66. The summed E-state index contributed by atoms with van der Waals surface area (Å²) in [6.07, 6.45) is 2.57. The number of hydrogen-bond donors (Lipinski definition) is 1. The molecule has 0 saturated carbocycles. The fourth-order valence-corrected chi connectivity index (χ4v) is 2.30. The summed E-state index contributed by atoms with van der Waals surface area (Å²) in [6.45, 7) is 8.13. The van der Waals surface area contributed by atoms with Crippen molar-refractivity contribution in [2.45, 2.75) is 46.1 Å². The molecule has 0 aliphatic carbocycles. The molecule has 0 aliphatic heterocycles. The molecule has 0 unspecified atom stereocenters. The van der Waals surface area contributed by atoms with Crippen LogP contribution in [0.4, 0.5) is 5.82 Å². The average molecular weight is 300 g/mol. The van der Waals surface area contributed by atoms with Crippen LogP contribution in [-0.2, 0) is 0 Å². The second-order valence-electron chi connectivity index (χ2n) is 5.61. The molecule has 0 saturated heterocycles. The van der Waals surface area contributed by atoms with Gasteiger partial charge in [-0.15, -0.1) is 0 Å². The summed E-state index contributed by atoms with van der Waals surface area (Å²) in [7, 11) is 0. The summed E-state index contributed by atoms with van der Waals surface area (Å²) in [5.74, 6) is 2.44. The van der Waals surface area contributed by atoms with Crippen LogP contribution in [0.5, 0.6) is 0 Å². The van der Waals surface area contributed by atoms with Crippen molar-refractivity contribution in [2.24, 2.45) is 0 Å². The van der Waals surface area contributed by atoms with E-state index in [-0.39, 0.29) is 6.04 Å². The number of nitrogens with zero attached hydrogens (tertiary/aromatic N) is 5. The van der Waals surface area contributed by atoms with Crippen molar-refractivity contribution in [3.05, 3.63) is 35.7 Å². The van der Waals surface area contributed by atoms with Gasteiger partial charge in [0.2, 0.25) is 5.89 Å². The third-order valence-corrected chi connectivity index (χ3v) is 3.54. The molecule has 0 amide bonds. The Morgan fingerprint density at radius 3 is 2.77 bits per heavy atom. The average Bonchev–Trinajstić information content (AvgIpc) is 3.12. The van der Waals surface area contributed by atoms with Gasteiger partial charge in [0.1, 0.15) is 11.9 Å². The van der Waals surface area contributed by atoms with Gasteiger partial charge < -0.3 is 9.84 Å². The van der Waals surface area contributed by atoms with Crippen molar-refractivity contribution in [3.63, 3.8) is 0 Å². The van der Waals surface area contributed by atoms with Gasteiger partial charge in [0, 0.05) is 17.8 Å². The van der Waals surface area contributed by atoms with Crippen LogP contribution in [0, 0.1) is 6.92 Å². The van der Waals surface area contributed by atoms with E-state index in [9.17, 15) is 0 Å². The van der Waals surface area contributed by atoms with Gasteiger partial charge >= 0.3 is 0 Å². The molecule has 0 aliphatic rings. The van der Waals surface area contributed by atoms with Crippen LogP contribution >= 0.6 is 0 Å². The van der Waals surface area contributed by atoms with Crippen molar-refractivity contribution in [1.82, 2.24) is 24.7 Å². The first-order chi connectivity index (χ1) is 10.6. The highest BCUT2D eigenvalue weighted by Crippen LogP contribution is 2.24. The van der Waals surface area contributed by atoms with Crippen molar-refractivity contribution < 1.29 is 4.52 Å². The summed E-state index contributed by atoms with van der Waals surface area (Å²) >= 11 is 0. The molecule has 3 aromatic rings. The smallest absolute Gasteiger partial charge is 0.249 e. The molecule has 1 N–H and O–H groups in total. The van der Waals surface area contributed by atoms with Gasteiger partial charge in [0.25, 0.3) is 0 Å². The minimum Gasteiger partial charge on any atom is -0.358 e. The maximum atomic E-state index is 5.29. The van der Waals surface area contributed by atoms with Gasteiger partial charge in [-0.1, -0.05) is 25.9 Å². The maximum absolute atomic E-state index is 5.29. The molecule has 1 atom stereocenters. The minimum atomic E-state index is -0.0592. The molecule has 3 heterocycles. The van der Waals surface area contributed by atoms with E-state index in [0.717, 1.165) is 23.6 Å². The molecular formula is C15H20N6O. The summed E-state index contributed by atoms with van der Waals surface area (Å²) in [5.41, 5.74) is 1.84. The molecule has 3 rings (SSSR count). The van der Waals surface area contributed by atoms with Gasteiger partial charge in [-0.2, -0.15) is 14.6 Å². The van der Waals surface area contributed by atoms with E-state index in [1.165, 1.54) is 0 Å². The number of anilines is 1. The fourth-order valence-electron chi connectivity index (χ4n) is 2.30. The molecule has 0 bridgehead atoms. The van der Waals surface area contributed by atoms with E-state index in [0.29, 0.717) is 17.6 Å². The van der Waals surface area contributed by atoms with Gasteiger partial charge in [-0.3, -0.25) is 0 Å². The Hall–Kier alpha value is -2.44. The molecule has 7 heteroatoms. The monoisotopic (exact) mass is 300 g/mol. The third-order valence-electron chi connectivity index (χ3n) is 3.54. The van der Waals surface area contributed by atoms with Crippen LogP contribution in [0.2, 0.25) is 0 Å². The Morgan fingerprint density at radius 1 is 1.32 bits per heavy atom. The van der Waals surface area contributed by atoms with Crippen LogP contribution in [0.25, 0.3) is 5.65 Å². The van der Waals surface area contributed by atoms with Crippen LogP contribution in [0.3, 0.4) is 0 Å². The van der Waals surface area contributed by atoms with E-state index in [2.05, 4.69) is 46.3 Å². The SMILES string of the molecule is CC[C@@H](Nc1cc(C(C)C)nc2ccnn12)c1nc(C)no1. The number of aromatic nitrogens is 5. The van der Waals surface area contributed by atoms with Crippen LogP contribution in [0.15, 0.2) is 22.9 Å². The quantitative estimate of drug-likeness (QED) is 0.779. The molecule has 22 heavy (non-hydrogen) atoms. The Balaban J connectivity index is 1.99. The minimum absolute atomic E-state index is 0.0592. The largest absolute Gasteiger partial charge is 0.358 e. The van der Waals surface area contributed by atoms with Crippen LogP contribution < -0.4 is 5.32 Å². The second-order valence-corrected chi connectivity index (χ2v) is 5.61. The lowest BCUT2D eigenvalue weighted by atomic mass is 10.1. The molecule has 3 aromatic heterocycles. The lowest BCUT2D eigenvalue weighted by Gasteiger charge is -2.16. The molecule has 0 spiro atoms. The zero-order valence-electron chi connectivity index (χ0n) is 13.2. The van der Waals surface area contributed by atoms with Crippen LogP contribution in [0.1, 0.15) is 56.6 Å². The first-order valence-electron chi connectivity index (χ1n) is 7.50. The van der Waals surface area contributed by atoms with Gasteiger partial charge in [-0.05, 0) is 19.3 Å². The van der Waals surface area contributed by atoms with Gasteiger partial charge in [0.15, 0.2) is 11.5 Å². The lowest BCUT2D eigenvalue weighted by molar-refractivity contribution is 0.356. The normalized spacial score (nSPS) is 13.0. The van der Waals surface area contributed by atoms with Crippen LogP contribution in [-0.4, -0.2) is 24.7 Å². The zero-order chi connectivity index (χ0) is 15.7. The Morgan fingerprint density at radius 2 is 2.14 bits per heavy atom. The first kappa shape index (κ1) is 14.5. The van der Waals surface area contributed by atoms with E-state index in [1.54, 1.807) is 10.7 Å². The fraction of sp³-hybridized carbons (Fsp3) is 0.467. The topological polar surface area (TPSA) is 81.1 Å². The number of fused-ring (bicyclic) bond motifs is 1. The number of rotatable bonds is 5. The number of hydrogen-bond acceptors (Lipinski definition) is 6. The summed E-state index contributed by atoms with van der Waals surface area (Å²) in [6, 6.07) is 3.86. The Labute approximate surface area is 128 Å². The number of nitrogens with one attached hydrogen (secondary N) is 1. The number of aryl methyl sites for hydroxylation is 1. The van der Waals surface area contributed by atoms with E-state index < -0.39 is 0 Å². The maximum Gasteiger partial charge on any atom is 0.249 e. The standard InChI is InChI=1S/C15H20N6O/c1-5-11(15-17-10(4)20-22-15)18-14-8-12(9(2)3)19-13-6-7-16-21(13)14/h6-9,11,18H,5H2,1-4H3/t11-/m1/s1.